The quantitative estimate of drug-likeness (QED) is 0.530. The molecule has 30 heavy (non-hydrogen) atoms. The molecule has 0 saturated carbocycles. The summed E-state index contributed by atoms with van der Waals surface area (Å²) in [5.74, 6) is 0.620. The van der Waals surface area contributed by atoms with Crippen LogP contribution < -0.4 is 9.47 Å². The molecular weight excluding hydrogens is 414 g/mol. The highest BCUT2D eigenvalue weighted by molar-refractivity contribution is 7.89. The Kier molecular flexibility index (Phi) is 5.31. The molecule has 1 amide bonds. The third-order valence-electron chi connectivity index (χ3n) is 5.00. The number of carbonyl (C=O) groups excluding carboxylic acids is 1. The van der Waals surface area contributed by atoms with Crippen molar-refractivity contribution in [1.82, 2.24) is 9.21 Å². The van der Waals surface area contributed by atoms with E-state index in [4.69, 9.17) is 9.47 Å². The van der Waals surface area contributed by atoms with Crippen molar-refractivity contribution >= 4 is 21.6 Å². The number of ether oxygens (including phenoxy) is 2. The van der Waals surface area contributed by atoms with E-state index in [1.54, 1.807) is 6.07 Å². The van der Waals surface area contributed by atoms with Crippen molar-refractivity contribution in [2.75, 3.05) is 39.4 Å². The number of non-ortho nitro benzene ring substituents is 1. The maximum atomic E-state index is 13.0. The number of rotatable bonds is 4. The topological polar surface area (TPSA) is 119 Å². The highest BCUT2D eigenvalue weighted by Crippen LogP contribution is 2.33. The van der Waals surface area contributed by atoms with Gasteiger partial charge in [-0.15, -0.1) is 0 Å². The van der Waals surface area contributed by atoms with Gasteiger partial charge in [0.1, 0.15) is 13.2 Å². The predicted molar refractivity (Wildman–Crippen MR) is 105 cm³/mol. The number of nitrogens with zero attached hydrogens (tertiary/aromatic N) is 3. The van der Waals surface area contributed by atoms with Crippen molar-refractivity contribution in [3.8, 4) is 11.5 Å². The monoisotopic (exact) mass is 433 g/mol. The van der Waals surface area contributed by atoms with Crippen molar-refractivity contribution in [3.63, 3.8) is 0 Å². The van der Waals surface area contributed by atoms with Crippen LogP contribution in [0.4, 0.5) is 5.69 Å². The molecule has 11 heteroatoms. The fraction of sp³-hybridized carbons (Fsp3) is 0.316. The van der Waals surface area contributed by atoms with Gasteiger partial charge in [0.05, 0.1) is 9.82 Å². The zero-order valence-electron chi connectivity index (χ0n) is 15.9. The third-order valence-corrected chi connectivity index (χ3v) is 6.90. The molecule has 1 saturated heterocycles. The van der Waals surface area contributed by atoms with Crippen LogP contribution in [0.25, 0.3) is 0 Å². The van der Waals surface area contributed by atoms with Gasteiger partial charge in [0, 0.05) is 49.9 Å². The molecule has 4 rings (SSSR count). The predicted octanol–water partition coefficient (Wildman–Crippen LogP) is 1.51. The molecule has 158 valence electrons. The van der Waals surface area contributed by atoms with Gasteiger partial charge in [-0.2, -0.15) is 4.31 Å². The summed E-state index contributed by atoms with van der Waals surface area (Å²) in [5, 5.41) is 10.7. The van der Waals surface area contributed by atoms with Crippen LogP contribution in [-0.4, -0.2) is 67.8 Å². The molecule has 2 aromatic carbocycles. The smallest absolute Gasteiger partial charge is 0.269 e. The fourth-order valence-corrected chi connectivity index (χ4v) is 4.81. The first-order valence-electron chi connectivity index (χ1n) is 9.30. The van der Waals surface area contributed by atoms with E-state index >= 15 is 0 Å². The number of benzene rings is 2. The molecule has 0 bridgehead atoms. The summed E-state index contributed by atoms with van der Waals surface area (Å²) in [7, 11) is -3.74. The number of sulfonamides is 1. The van der Waals surface area contributed by atoms with Gasteiger partial charge in [-0.1, -0.05) is 0 Å². The maximum absolute atomic E-state index is 13.0. The van der Waals surface area contributed by atoms with Gasteiger partial charge < -0.3 is 14.4 Å². The highest BCUT2D eigenvalue weighted by atomic mass is 32.2. The minimum Gasteiger partial charge on any atom is -0.486 e. The van der Waals surface area contributed by atoms with E-state index < -0.39 is 14.9 Å². The van der Waals surface area contributed by atoms with Crippen molar-refractivity contribution in [2.24, 2.45) is 0 Å². The Bertz CT molecular complexity index is 1080. The Morgan fingerprint density at radius 3 is 2.20 bits per heavy atom. The number of carbonyl (C=O) groups is 1. The zero-order valence-corrected chi connectivity index (χ0v) is 16.7. The average molecular weight is 433 g/mol. The lowest BCUT2D eigenvalue weighted by molar-refractivity contribution is -0.384. The Hall–Kier alpha value is -3.18. The molecule has 2 aliphatic heterocycles. The van der Waals surface area contributed by atoms with Gasteiger partial charge >= 0.3 is 0 Å². The number of amides is 1. The van der Waals surface area contributed by atoms with E-state index in [1.165, 1.54) is 45.6 Å². The van der Waals surface area contributed by atoms with Crippen LogP contribution in [0.15, 0.2) is 47.4 Å². The summed E-state index contributed by atoms with van der Waals surface area (Å²) in [4.78, 5) is 24.5. The summed E-state index contributed by atoms with van der Waals surface area (Å²) in [6, 6.07) is 9.87. The van der Waals surface area contributed by atoms with Crippen LogP contribution in [0.5, 0.6) is 11.5 Å². The first-order chi connectivity index (χ1) is 14.4. The summed E-state index contributed by atoms with van der Waals surface area (Å²) in [6.45, 7) is 1.52. The molecule has 0 atom stereocenters. The third kappa shape index (κ3) is 3.81. The second kappa shape index (κ2) is 7.92. The van der Waals surface area contributed by atoms with E-state index in [-0.39, 0.29) is 42.7 Å². The summed E-state index contributed by atoms with van der Waals surface area (Å²) < 4.78 is 38.2. The standard InChI is InChI=1S/C19H19N3O7S/c23-19(14-1-3-15(4-2-14)22(24)25)20-7-9-21(10-8-20)30(26,27)16-5-6-17-18(13-16)29-12-11-28-17/h1-6,13H,7-12H2. The lowest BCUT2D eigenvalue weighted by Gasteiger charge is -2.34. The fourth-order valence-electron chi connectivity index (χ4n) is 3.37. The number of fused-ring (bicyclic) bond motifs is 1. The van der Waals surface area contributed by atoms with Gasteiger partial charge in [-0.3, -0.25) is 14.9 Å². The van der Waals surface area contributed by atoms with Gasteiger partial charge in [0.25, 0.3) is 11.6 Å². The average Bonchev–Trinajstić information content (AvgIpc) is 2.78. The Labute approximate surface area is 172 Å². The molecule has 2 aromatic rings. The van der Waals surface area contributed by atoms with Crippen LogP contribution in [0.1, 0.15) is 10.4 Å². The Balaban J connectivity index is 1.43. The SMILES string of the molecule is O=C(c1ccc([N+](=O)[O-])cc1)N1CCN(S(=O)(=O)c2ccc3c(c2)OCCO3)CC1. The van der Waals surface area contributed by atoms with Gasteiger partial charge in [-0.05, 0) is 24.3 Å². The van der Waals surface area contributed by atoms with Crippen LogP contribution in [0.3, 0.4) is 0 Å². The largest absolute Gasteiger partial charge is 0.486 e. The molecule has 0 spiro atoms. The normalized spacial score (nSPS) is 16.9. The molecule has 1 fully saturated rings. The number of nitro benzene ring substituents is 1. The lowest BCUT2D eigenvalue weighted by Crippen LogP contribution is -2.50. The van der Waals surface area contributed by atoms with Gasteiger partial charge in [0.2, 0.25) is 10.0 Å². The molecule has 10 nitrogen and oxygen atoms in total. The van der Waals surface area contributed by atoms with E-state index in [0.717, 1.165) is 0 Å². The van der Waals surface area contributed by atoms with E-state index in [2.05, 4.69) is 0 Å². The van der Waals surface area contributed by atoms with Crippen LogP contribution in [-0.2, 0) is 10.0 Å². The molecule has 0 unspecified atom stereocenters. The minimum atomic E-state index is -3.74. The number of hydrogen-bond acceptors (Lipinski definition) is 7. The number of nitro groups is 1. The molecule has 0 aliphatic carbocycles. The lowest BCUT2D eigenvalue weighted by atomic mass is 10.1. The van der Waals surface area contributed by atoms with Crippen LogP contribution in [0.2, 0.25) is 0 Å². The zero-order chi connectivity index (χ0) is 21.3. The van der Waals surface area contributed by atoms with E-state index in [1.807, 2.05) is 0 Å². The highest BCUT2D eigenvalue weighted by Gasteiger charge is 2.31. The van der Waals surface area contributed by atoms with Crippen molar-refractivity contribution in [1.29, 1.82) is 0 Å². The van der Waals surface area contributed by atoms with Crippen LogP contribution >= 0.6 is 0 Å². The summed E-state index contributed by atoms with van der Waals surface area (Å²) in [5.41, 5.74) is 0.227. The van der Waals surface area contributed by atoms with E-state index in [0.29, 0.717) is 30.3 Å². The van der Waals surface area contributed by atoms with E-state index in [9.17, 15) is 23.3 Å². The molecule has 0 N–H and O–H groups in total. The first-order valence-corrected chi connectivity index (χ1v) is 10.7. The molecule has 2 heterocycles. The second-order valence-electron chi connectivity index (χ2n) is 6.81. The van der Waals surface area contributed by atoms with Crippen molar-refractivity contribution in [3.05, 3.63) is 58.1 Å². The Morgan fingerprint density at radius 1 is 0.933 bits per heavy atom. The Morgan fingerprint density at radius 2 is 1.57 bits per heavy atom. The maximum Gasteiger partial charge on any atom is 0.269 e. The summed E-state index contributed by atoms with van der Waals surface area (Å²) in [6.07, 6.45) is 0. The molecule has 0 radical (unpaired) electrons. The van der Waals surface area contributed by atoms with Crippen molar-refractivity contribution < 1.29 is 27.6 Å². The minimum absolute atomic E-state index is 0.0955. The summed E-state index contributed by atoms with van der Waals surface area (Å²) >= 11 is 0. The van der Waals surface area contributed by atoms with Crippen molar-refractivity contribution in [2.45, 2.75) is 4.90 Å². The van der Waals surface area contributed by atoms with Crippen LogP contribution in [0, 0.1) is 10.1 Å². The number of piperazine rings is 1. The molecular formula is C19H19N3O7S. The molecule has 0 aromatic heterocycles. The number of hydrogen-bond donors (Lipinski definition) is 0. The van der Waals surface area contributed by atoms with Gasteiger partial charge in [-0.25, -0.2) is 8.42 Å². The first kappa shape index (κ1) is 20.1. The molecule has 2 aliphatic rings. The second-order valence-corrected chi connectivity index (χ2v) is 8.74. The van der Waals surface area contributed by atoms with Gasteiger partial charge in [0.15, 0.2) is 11.5 Å².